The van der Waals surface area contributed by atoms with Crippen molar-refractivity contribution in [2.45, 2.75) is 22.8 Å². The predicted octanol–water partition coefficient (Wildman–Crippen LogP) is 3.20. The van der Waals surface area contributed by atoms with Crippen LogP contribution in [0.5, 0.6) is 0 Å². The number of hydrogen-bond donors (Lipinski definition) is 0. The summed E-state index contributed by atoms with van der Waals surface area (Å²) in [6.45, 7) is 2.65. The second kappa shape index (κ2) is 4.02. The summed E-state index contributed by atoms with van der Waals surface area (Å²) in [5, 5.41) is 4.15. The van der Waals surface area contributed by atoms with Crippen molar-refractivity contribution in [3.05, 3.63) is 10.8 Å². The summed E-state index contributed by atoms with van der Waals surface area (Å²) in [7, 11) is 0. The maximum atomic E-state index is 5.45. The highest BCUT2D eigenvalue weighted by Gasteiger charge is 2.14. The Morgan fingerprint density at radius 3 is 2.92 bits per heavy atom. The molecule has 12 heavy (non-hydrogen) atoms. The predicted molar refractivity (Wildman–Crippen MR) is 52.5 cm³/mol. The average molecular weight is 220 g/mol. The Morgan fingerprint density at radius 1 is 1.33 bits per heavy atom. The lowest BCUT2D eigenvalue weighted by Crippen LogP contribution is -2.11. The molecular weight excluding hydrogens is 212 g/mol. The van der Waals surface area contributed by atoms with Crippen molar-refractivity contribution in [2.24, 2.45) is 0 Å². The van der Waals surface area contributed by atoms with Gasteiger partial charge in [0.2, 0.25) is 0 Å². The quantitative estimate of drug-likeness (QED) is 0.625. The molecule has 0 amide bonds. The first-order chi connectivity index (χ1) is 5.86. The molecule has 0 radical (unpaired) electrons. The third-order valence-electron chi connectivity index (χ3n) is 1.35. The molecule has 0 bridgehead atoms. The second-order valence-electron chi connectivity index (χ2n) is 2.46. The lowest BCUT2D eigenvalue weighted by Gasteiger charge is -2.14. The highest BCUT2D eigenvalue weighted by molar-refractivity contribution is 7.98. The smallest absolute Gasteiger partial charge is 0.0944 e. The molecule has 5 heteroatoms. The molecule has 1 aliphatic rings. The number of hydrogen-bond acceptors (Lipinski definition) is 5. The van der Waals surface area contributed by atoms with E-state index in [0.29, 0.717) is 6.61 Å². The molecule has 0 saturated carbocycles. The zero-order valence-electron chi connectivity index (χ0n) is 6.48. The van der Waals surface area contributed by atoms with Crippen LogP contribution >= 0.6 is 35.4 Å². The van der Waals surface area contributed by atoms with Gasteiger partial charge in [-0.1, -0.05) is 0 Å². The first-order valence-electron chi connectivity index (χ1n) is 3.55. The monoisotopic (exact) mass is 220 g/mol. The van der Waals surface area contributed by atoms with Gasteiger partial charge in [0.15, 0.2) is 0 Å². The van der Waals surface area contributed by atoms with Crippen LogP contribution in [-0.2, 0) is 8.37 Å². The fourth-order valence-electron chi connectivity index (χ4n) is 0.750. The van der Waals surface area contributed by atoms with Gasteiger partial charge in [0.1, 0.15) is 0 Å². The molecule has 0 saturated heterocycles. The van der Waals surface area contributed by atoms with Crippen LogP contribution in [0.4, 0.5) is 0 Å². The minimum absolute atomic E-state index is 0.163. The van der Waals surface area contributed by atoms with Crippen LogP contribution in [-0.4, -0.2) is 12.7 Å². The minimum atomic E-state index is 0.163. The summed E-state index contributed by atoms with van der Waals surface area (Å²) in [4.78, 5) is 2.33. The SMILES string of the molecule is CC1COSc2cscc2SO1. The Hall–Kier alpha value is 0.320. The van der Waals surface area contributed by atoms with E-state index < -0.39 is 0 Å². The van der Waals surface area contributed by atoms with Crippen molar-refractivity contribution in [3.8, 4) is 0 Å². The zero-order chi connectivity index (χ0) is 8.39. The molecular formula is C7H8O2S3. The van der Waals surface area contributed by atoms with Gasteiger partial charge in [-0.05, 0) is 6.92 Å². The normalized spacial score (nSPS) is 24.2. The molecule has 0 aliphatic carbocycles. The van der Waals surface area contributed by atoms with E-state index in [-0.39, 0.29) is 6.10 Å². The fourth-order valence-corrected chi connectivity index (χ4v) is 3.31. The third kappa shape index (κ3) is 1.97. The van der Waals surface area contributed by atoms with Gasteiger partial charge in [0.05, 0.1) is 22.5 Å². The van der Waals surface area contributed by atoms with E-state index >= 15 is 0 Å². The summed E-state index contributed by atoms with van der Waals surface area (Å²) in [5.74, 6) is 0. The zero-order valence-corrected chi connectivity index (χ0v) is 8.93. The molecule has 1 aromatic heterocycles. The Morgan fingerprint density at radius 2 is 2.08 bits per heavy atom. The topological polar surface area (TPSA) is 18.5 Å². The van der Waals surface area contributed by atoms with Gasteiger partial charge < -0.3 is 8.37 Å². The Bertz CT molecular complexity index is 261. The van der Waals surface area contributed by atoms with Gasteiger partial charge >= 0.3 is 0 Å². The molecule has 1 aliphatic heterocycles. The molecule has 1 atom stereocenters. The highest BCUT2D eigenvalue weighted by Crippen LogP contribution is 2.37. The van der Waals surface area contributed by atoms with E-state index in [0.717, 1.165) is 9.79 Å². The van der Waals surface area contributed by atoms with Crippen LogP contribution in [0, 0.1) is 0 Å². The van der Waals surface area contributed by atoms with E-state index in [4.69, 9.17) is 8.37 Å². The summed E-state index contributed by atoms with van der Waals surface area (Å²) in [6, 6.07) is 0. The molecule has 2 rings (SSSR count). The maximum Gasteiger partial charge on any atom is 0.0944 e. The molecule has 1 unspecified atom stereocenters. The summed E-state index contributed by atoms with van der Waals surface area (Å²) < 4.78 is 10.8. The third-order valence-corrected chi connectivity index (χ3v) is 4.23. The van der Waals surface area contributed by atoms with Crippen LogP contribution < -0.4 is 0 Å². The summed E-state index contributed by atoms with van der Waals surface area (Å²) in [5.41, 5.74) is 0. The van der Waals surface area contributed by atoms with Crippen LogP contribution in [0.2, 0.25) is 0 Å². The fraction of sp³-hybridized carbons (Fsp3) is 0.429. The van der Waals surface area contributed by atoms with Crippen LogP contribution in [0.1, 0.15) is 6.92 Å². The van der Waals surface area contributed by atoms with E-state index in [1.165, 1.54) is 24.1 Å². The summed E-state index contributed by atoms with van der Waals surface area (Å²) >= 11 is 4.56. The van der Waals surface area contributed by atoms with Gasteiger partial charge in [-0.2, -0.15) is 0 Å². The highest BCUT2D eigenvalue weighted by atomic mass is 32.2. The van der Waals surface area contributed by atoms with Crippen molar-refractivity contribution >= 4 is 35.4 Å². The Balaban J connectivity index is 2.14. The first-order valence-corrected chi connectivity index (χ1v) is 5.98. The molecule has 2 nitrogen and oxygen atoms in total. The van der Waals surface area contributed by atoms with E-state index in [1.54, 1.807) is 11.3 Å². The van der Waals surface area contributed by atoms with Crippen LogP contribution in [0.15, 0.2) is 20.6 Å². The molecule has 66 valence electrons. The first kappa shape index (κ1) is 8.90. The second-order valence-corrected chi connectivity index (χ2v) is 4.84. The van der Waals surface area contributed by atoms with Crippen molar-refractivity contribution in [1.29, 1.82) is 0 Å². The Labute approximate surface area is 84.1 Å². The maximum absolute atomic E-state index is 5.45. The van der Waals surface area contributed by atoms with Gasteiger partial charge in [0, 0.05) is 34.8 Å². The van der Waals surface area contributed by atoms with E-state index in [1.807, 2.05) is 6.92 Å². The van der Waals surface area contributed by atoms with Crippen molar-refractivity contribution in [1.82, 2.24) is 0 Å². The van der Waals surface area contributed by atoms with E-state index in [9.17, 15) is 0 Å². The van der Waals surface area contributed by atoms with Crippen LogP contribution in [0.25, 0.3) is 0 Å². The number of thiophene rings is 1. The largest absolute Gasteiger partial charge is 0.307 e. The van der Waals surface area contributed by atoms with Crippen molar-refractivity contribution < 1.29 is 8.37 Å². The minimum Gasteiger partial charge on any atom is -0.307 e. The standard InChI is InChI=1S/C7H8O2S3/c1-5-2-8-11-6-3-10-4-7(6)12-9-5/h3-5H,2H2,1H3. The van der Waals surface area contributed by atoms with E-state index in [2.05, 4.69) is 10.8 Å². The molecule has 0 N–H and O–H groups in total. The van der Waals surface area contributed by atoms with Gasteiger partial charge in [0.25, 0.3) is 0 Å². The molecule has 0 aromatic carbocycles. The van der Waals surface area contributed by atoms with Crippen molar-refractivity contribution in [2.75, 3.05) is 6.61 Å². The molecule has 1 aromatic rings. The average Bonchev–Trinajstić information content (AvgIpc) is 2.45. The van der Waals surface area contributed by atoms with Crippen LogP contribution in [0.3, 0.4) is 0 Å². The number of rotatable bonds is 0. The van der Waals surface area contributed by atoms with Crippen molar-refractivity contribution in [3.63, 3.8) is 0 Å². The summed E-state index contributed by atoms with van der Waals surface area (Å²) in [6.07, 6.45) is 0.163. The van der Waals surface area contributed by atoms with Gasteiger partial charge in [-0.3, -0.25) is 0 Å². The molecule has 0 spiro atoms. The van der Waals surface area contributed by atoms with Gasteiger partial charge in [-0.15, -0.1) is 11.3 Å². The Kier molecular flexibility index (Phi) is 2.98. The lowest BCUT2D eigenvalue weighted by molar-refractivity contribution is 0.181. The molecule has 2 heterocycles. The lowest BCUT2D eigenvalue weighted by atomic mass is 10.5. The number of fused-ring (bicyclic) bond motifs is 1. The molecule has 0 fully saturated rings. The van der Waals surface area contributed by atoms with Gasteiger partial charge in [-0.25, -0.2) is 0 Å².